The van der Waals surface area contributed by atoms with Gasteiger partial charge in [-0.05, 0) is 26.8 Å². The van der Waals surface area contributed by atoms with Gasteiger partial charge in [-0.1, -0.05) is 6.58 Å². The molecule has 0 aromatic rings. The van der Waals surface area contributed by atoms with Crippen molar-refractivity contribution in [1.29, 1.82) is 0 Å². The van der Waals surface area contributed by atoms with Gasteiger partial charge in [0, 0.05) is 0 Å². The molecule has 0 rings (SSSR count). The van der Waals surface area contributed by atoms with Crippen LogP contribution < -0.4 is 5.11 Å². The van der Waals surface area contributed by atoms with Crippen molar-refractivity contribution in [2.75, 3.05) is 26.7 Å². The van der Waals surface area contributed by atoms with E-state index in [9.17, 15) is 0 Å². The molecule has 0 unspecified atom stereocenters. The fourth-order valence-electron chi connectivity index (χ4n) is 0.671. The summed E-state index contributed by atoms with van der Waals surface area (Å²) in [6.45, 7) is 13.4. The first-order chi connectivity index (χ1) is 5.95. The largest absolute Gasteiger partial charge is 0.545 e. The van der Waals surface area contributed by atoms with Crippen LogP contribution in [0.2, 0.25) is 0 Å². The van der Waals surface area contributed by atoms with Crippen LogP contribution in [0.4, 0.5) is 0 Å². The Labute approximate surface area is 81.3 Å². The van der Waals surface area contributed by atoms with Crippen LogP contribution in [0.15, 0.2) is 12.7 Å². The van der Waals surface area contributed by atoms with Crippen LogP contribution in [0.25, 0.3) is 0 Å². The maximum absolute atomic E-state index is 9.14. The van der Waals surface area contributed by atoms with Crippen LogP contribution in [0.3, 0.4) is 0 Å². The zero-order chi connectivity index (χ0) is 10.9. The monoisotopic (exact) mass is 187 g/mol. The number of carboxylic acids is 1. The molecule has 0 atom stereocenters. The van der Waals surface area contributed by atoms with Crippen molar-refractivity contribution in [3.05, 3.63) is 12.7 Å². The van der Waals surface area contributed by atoms with Crippen molar-refractivity contribution >= 4 is 5.97 Å². The lowest BCUT2D eigenvalue weighted by Crippen LogP contribution is -2.42. The second kappa shape index (κ2) is 7.80. The van der Waals surface area contributed by atoms with Crippen molar-refractivity contribution in [2.24, 2.45) is 0 Å². The number of carboxylic acid groups (broad SMARTS) is 1. The van der Waals surface area contributed by atoms with E-state index in [-0.39, 0.29) is 0 Å². The molecule has 0 saturated heterocycles. The average Bonchev–Trinajstić information content (AvgIpc) is 2.17. The molecule has 3 heteroatoms. The summed E-state index contributed by atoms with van der Waals surface area (Å²) >= 11 is 0. The Morgan fingerprint density at radius 3 is 1.54 bits per heavy atom. The molecule has 0 saturated carbocycles. The first-order valence-corrected chi connectivity index (χ1v) is 4.62. The number of hydrogen-bond acceptors (Lipinski definition) is 2. The molecule has 0 bridgehead atoms. The normalized spacial score (nSPS) is 9.85. The van der Waals surface area contributed by atoms with Gasteiger partial charge < -0.3 is 14.4 Å². The smallest absolute Gasteiger partial charge is 0.0755 e. The highest BCUT2D eigenvalue weighted by Crippen LogP contribution is 1.97. The van der Waals surface area contributed by atoms with Gasteiger partial charge in [0.1, 0.15) is 0 Å². The highest BCUT2D eigenvalue weighted by atomic mass is 16.4. The molecule has 0 aliphatic rings. The Kier molecular flexibility index (Phi) is 8.81. The fourth-order valence-corrected chi connectivity index (χ4v) is 0.671. The number of quaternary nitrogens is 1. The lowest BCUT2D eigenvalue weighted by molar-refractivity contribution is -0.904. The first-order valence-electron chi connectivity index (χ1n) is 4.62. The summed E-state index contributed by atoms with van der Waals surface area (Å²) in [5.74, 6) is -1.23. The zero-order valence-electron chi connectivity index (χ0n) is 9.17. The SMILES string of the molecule is C=CC(=O)[O-].CC[N+](C)(CC)CC. The quantitative estimate of drug-likeness (QED) is 0.472. The Balaban J connectivity index is 0. The third kappa shape index (κ3) is 9.08. The van der Waals surface area contributed by atoms with E-state index in [1.165, 1.54) is 24.1 Å². The van der Waals surface area contributed by atoms with Gasteiger partial charge in [0.2, 0.25) is 0 Å². The molecule has 0 N–H and O–H groups in total. The molecule has 0 fully saturated rings. The molecule has 78 valence electrons. The second-order valence-corrected chi connectivity index (χ2v) is 3.09. The van der Waals surface area contributed by atoms with E-state index >= 15 is 0 Å². The topological polar surface area (TPSA) is 40.1 Å². The van der Waals surface area contributed by atoms with Crippen molar-refractivity contribution in [1.82, 2.24) is 0 Å². The highest BCUT2D eigenvalue weighted by Gasteiger charge is 2.10. The Hall–Kier alpha value is -0.830. The molecule has 0 aromatic carbocycles. The van der Waals surface area contributed by atoms with Crippen LogP contribution >= 0.6 is 0 Å². The van der Waals surface area contributed by atoms with Gasteiger partial charge in [-0.15, -0.1) is 0 Å². The van der Waals surface area contributed by atoms with Gasteiger partial charge in [0.25, 0.3) is 0 Å². The zero-order valence-corrected chi connectivity index (χ0v) is 9.17. The van der Waals surface area contributed by atoms with Crippen LogP contribution in [0.1, 0.15) is 20.8 Å². The molecular weight excluding hydrogens is 166 g/mol. The summed E-state index contributed by atoms with van der Waals surface area (Å²) in [7, 11) is 2.29. The Bertz CT molecular complexity index is 143. The number of carbonyl (C=O) groups excluding carboxylic acids is 1. The molecule has 3 nitrogen and oxygen atoms in total. The molecule has 0 aliphatic heterocycles. The van der Waals surface area contributed by atoms with Crippen LogP contribution in [0.5, 0.6) is 0 Å². The van der Waals surface area contributed by atoms with Gasteiger partial charge in [0.05, 0.1) is 32.7 Å². The predicted octanol–water partition coefficient (Wildman–Crippen LogP) is 0.415. The molecule has 0 spiro atoms. The van der Waals surface area contributed by atoms with Crippen LogP contribution in [0, 0.1) is 0 Å². The molecule has 13 heavy (non-hydrogen) atoms. The summed E-state index contributed by atoms with van der Waals surface area (Å²) in [4.78, 5) is 9.14. The second-order valence-electron chi connectivity index (χ2n) is 3.09. The average molecular weight is 187 g/mol. The van der Waals surface area contributed by atoms with Crippen LogP contribution in [-0.4, -0.2) is 37.1 Å². The number of nitrogens with zero attached hydrogens (tertiary/aromatic N) is 1. The minimum atomic E-state index is -1.23. The van der Waals surface area contributed by atoms with E-state index < -0.39 is 5.97 Å². The maximum Gasteiger partial charge on any atom is 0.0755 e. The third-order valence-electron chi connectivity index (χ3n) is 2.46. The molecule has 0 aromatic heterocycles. The van der Waals surface area contributed by atoms with Crippen LogP contribution in [-0.2, 0) is 4.79 Å². The van der Waals surface area contributed by atoms with E-state index in [0.29, 0.717) is 0 Å². The summed E-state index contributed by atoms with van der Waals surface area (Å²) in [6, 6.07) is 0. The summed E-state index contributed by atoms with van der Waals surface area (Å²) in [5, 5.41) is 9.14. The van der Waals surface area contributed by atoms with Gasteiger partial charge in [-0.3, -0.25) is 0 Å². The highest BCUT2D eigenvalue weighted by molar-refractivity contribution is 5.76. The van der Waals surface area contributed by atoms with E-state index in [4.69, 9.17) is 9.90 Å². The maximum atomic E-state index is 9.14. The summed E-state index contributed by atoms with van der Waals surface area (Å²) in [5.41, 5.74) is 0. The minimum absolute atomic E-state index is 0.722. The third-order valence-corrected chi connectivity index (χ3v) is 2.46. The molecular formula is C10H21NO2. The van der Waals surface area contributed by atoms with Gasteiger partial charge in [-0.25, -0.2) is 0 Å². The standard InChI is InChI=1S/C7H18N.C3H4O2/c1-5-8(4,6-2)7-3;1-2-3(4)5/h5-7H2,1-4H3;2H,1H2,(H,4,5)/q+1;/p-1. The number of aliphatic carboxylic acids is 1. The van der Waals surface area contributed by atoms with E-state index in [1.807, 2.05) is 0 Å². The number of carbonyl (C=O) groups is 1. The van der Waals surface area contributed by atoms with Gasteiger partial charge in [0.15, 0.2) is 0 Å². The van der Waals surface area contributed by atoms with Crippen molar-refractivity contribution in [3.63, 3.8) is 0 Å². The lowest BCUT2D eigenvalue weighted by atomic mass is 10.4. The lowest BCUT2D eigenvalue weighted by Gasteiger charge is -2.30. The number of hydrogen-bond donors (Lipinski definition) is 0. The van der Waals surface area contributed by atoms with Gasteiger partial charge >= 0.3 is 0 Å². The first kappa shape index (κ1) is 14.7. The molecule has 0 amide bonds. The predicted molar refractivity (Wildman–Crippen MR) is 53.0 cm³/mol. The van der Waals surface area contributed by atoms with Gasteiger partial charge in [-0.2, -0.15) is 0 Å². The van der Waals surface area contributed by atoms with Crippen molar-refractivity contribution < 1.29 is 14.4 Å². The molecule has 0 radical (unpaired) electrons. The summed E-state index contributed by atoms with van der Waals surface area (Å²) in [6.07, 6.45) is 0.722. The van der Waals surface area contributed by atoms with E-state index in [1.54, 1.807) is 0 Å². The molecule has 0 heterocycles. The summed E-state index contributed by atoms with van der Waals surface area (Å²) < 4.78 is 1.21. The Morgan fingerprint density at radius 2 is 1.54 bits per heavy atom. The van der Waals surface area contributed by atoms with Crippen molar-refractivity contribution in [2.45, 2.75) is 20.8 Å². The fraction of sp³-hybridized carbons (Fsp3) is 0.700. The Morgan fingerprint density at radius 1 is 1.31 bits per heavy atom. The van der Waals surface area contributed by atoms with E-state index in [2.05, 4.69) is 34.4 Å². The van der Waals surface area contributed by atoms with E-state index in [0.717, 1.165) is 6.08 Å². The number of rotatable bonds is 4. The van der Waals surface area contributed by atoms with Crippen molar-refractivity contribution in [3.8, 4) is 0 Å². The minimum Gasteiger partial charge on any atom is -0.545 e. The molecule has 0 aliphatic carbocycles.